The van der Waals surface area contributed by atoms with Crippen molar-refractivity contribution in [1.29, 1.82) is 0 Å². The molecule has 1 N–H and O–H groups in total. The van der Waals surface area contributed by atoms with Gasteiger partial charge in [0.2, 0.25) is 0 Å². The molecule has 0 radical (unpaired) electrons. The van der Waals surface area contributed by atoms with Crippen LogP contribution >= 0.6 is 0 Å². The van der Waals surface area contributed by atoms with Gasteiger partial charge in [0.15, 0.2) is 0 Å². The maximum Gasteiger partial charge on any atom is 0.465 e. The van der Waals surface area contributed by atoms with Crippen LogP contribution in [0.3, 0.4) is 0 Å². The van der Waals surface area contributed by atoms with Crippen LogP contribution in [-0.2, 0) is 14.1 Å². The molecule has 2 rings (SSSR count). The van der Waals surface area contributed by atoms with Crippen LogP contribution in [-0.4, -0.2) is 29.4 Å². The first kappa shape index (κ1) is 15.8. The van der Waals surface area contributed by atoms with Gasteiger partial charge in [-0.2, -0.15) is 0 Å². The maximum atomic E-state index is 11.4. The quantitative estimate of drug-likeness (QED) is 0.598. The van der Waals surface area contributed by atoms with Crippen molar-refractivity contribution in [1.82, 2.24) is 0 Å². The summed E-state index contributed by atoms with van der Waals surface area (Å²) in [7, 11) is -0.384. The smallest absolute Gasteiger partial charge is 0.465 e. The Kier molecular flexibility index (Phi) is 3.98. The Labute approximate surface area is 122 Å². The minimum absolute atomic E-state index is 0.311. The van der Waals surface area contributed by atoms with Crippen LogP contribution in [0.15, 0.2) is 0 Å². The normalized spacial score (nSPS) is 34.2. The van der Waals surface area contributed by atoms with E-state index in [-0.39, 0.29) is 29.6 Å². The van der Waals surface area contributed by atoms with E-state index in [1.54, 1.807) is 0 Å². The fourth-order valence-corrected chi connectivity index (χ4v) is 3.09. The molecule has 0 amide bonds. The lowest BCUT2D eigenvalue weighted by Crippen LogP contribution is -2.41. The van der Waals surface area contributed by atoms with Crippen LogP contribution in [0.4, 0.5) is 0 Å². The second kappa shape index (κ2) is 5.02. The van der Waals surface area contributed by atoms with E-state index in [1.165, 1.54) is 0 Å². The number of carboxylic acid groups (broad SMARTS) is 1. The van der Waals surface area contributed by atoms with Gasteiger partial charge in [-0.3, -0.25) is 4.79 Å². The van der Waals surface area contributed by atoms with E-state index < -0.39 is 5.97 Å². The average molecular weight is 282 g/mol. The largest absolute Gasteiger partial charge is 0.481 e. The first-order chi connectivity index (χ1) is 9.16. The Morgan fingerprint density at radius 1 is 1.20 bits per heavy atom. The van der Waals surface area contributed by atoms with Crippen LogP contribution < -0.4 is 0 Å². The predicted molar refractivity (Wildman–Crippen MR) is 78.7 cm³/mol. The van der Waals surface area contributed by atoms with Gasteiger partial charge >= 0.3 is 13.1 Å². The van der Waals surface area contributed by atoms with Crippen molar-refractivity contribution in [2.45, 2.75) is 83.2 Å². The van der Waals surface area contributed by atoms with Crippen molar-refractivity contribution < 1.29 is 19.2 Å². The van der Waals surface area contributed by atoms with Gasteiger partial charge in [-0.25, -0.2) is 0 Å². The molecule has 4 nitrogen and oxygen atoms in total. The molecular weight excluding hydrogens is 255 g/mol. The van der Waals surface area contributed by atoms with E-state index in [0.29, 0.717) is 6.42 Å². The van der Waals surface area contributed by atoms with E-state index in [4.69, 9.17) is 9.31 Å². The highest BCUT2D eigenvalue weighted by molar-refractivity contribution is 6.52. The fourth-order valence-electron chi connectivity index (χ4n) is 3.09. The molecule has 0 bridgehead atoms. The monoisotopic (exact) mass is 282 g/mol. The van der Waals surface area contributed by atoms with Crippen molar-refractivity contribution in [3.05, 3.63) is 0 Å². The Morgan fingerprint density at radius 2 is 1.75 bits per heavy atom. The number of hydrogen-bond acceptors (Lipinski definition) is 3. The number of hydrogen-bond donors (Lipinski definition) is 1. The molecule has 1 heterocycles. The predicted octanol–water partition coefficient (Wildman–Crippen LogP) is 3.50. The molecule has 2 fully saturated rings. The molecule has 0 aromatic carbocycles. The molecular formula is C15H27BO4. The number of rotatable bonds is 6. The fraction of sp³-hybridized carbons (Fsp3) is 0.933. The second-order valence-electron chi connectivity index (χ2n) is 7.37. The van der Waals surface area contributed by atoms with E-state index in [9.17, 15) is 9.90 Å². The summed E-state index contributed by atoms with van der Waals surface area (Å²) in [5.41, 5.74) is -0.776. The molecule has 2 aliphatic rings. The third-order valence-corrected chi connectivity index (χ3v) is 5.38. The molecule has 1 aliphatic carbocycles. The third kappa shape index (κ3) is 2.50. The standard InChI is InChI=1S/C15H27BO4/c1-6-7-8-9-15(10-11(15)12(17)18)16-19-13(2,3)14(4,5)20-16/h11H,6-10H2,1-5H3,(H,17,18)/t11-,15-/m0/s1. The minimum atomic E-state index is -0.712. The molecule has 1 aliphatic heterocycles. The Bertz CT molecular complexity index is 377. The number of aliphatic carboxylic acids is 1. The molecule has 0 spiro atoms. The molecule has 114 valence electrons. The molecule has 2 atom stereocenters. The molecule has 1 saturated carbocycles. The summed E-state index contributed by atoms with van der Waals surface area (Å²) in [5.74, 6) is -1.02. The van der Waals surface area contributed by atoms with E-state index in [0.717, 1.165) is 25.7 Å². The Morgan fingerprint density at radius 3 is 2.15 bits per heavy atom. The highest BCUT2D eigenvalue weighted by atomic mass is 16.7. The zero-order chi connectivity index (χ0) is 15.2. The summed E-state index contributed by atoms with van der Waals surface area (Å²) in [5, 5.41) is 9.04. The highest BCUT2D eigenvalue weighted by Gasteiger charge is 2.71. The lowest BCUT2D eigenvalue weighted by Gasteiger charge is -2.32. The maximum absolute atomic E-state index is 11.4. The van der Waals surface area contributed by atoms with Crippen LogP contribution in [0, 0.1) is 5.92 Å². The zero-order valence-electron chi connectivity index (χ0n) is 13.4. The topological polar surface area (TPSA) is 55.8 Å². The number of carboxylic acids is 1. The zero-order valence-corrected chi connectivity index (χ0v) is 13.4. The summed E-state index contributed by atoms with van der Waals surface area (Å²) in [4.78, 5) is 11.4. The summed E-state index contributed by atoms with van der Waals surface area (Å²) in [6.45, 7) is 10.2. The average Bonchev–Trinajstić information content (AvgIpc) is 2.98. The molecule has 0 aromatic rings. The van der Waals surface area contributed by atoms with Gasteiger partial charge in [-0.15, -0.1) is 0 Å². The lowest BCUT2D eigenvalue weighted by molar-refractivity contribution is -0.138. The van der Waals surface area contributed by atoms with E-state index >= 15 is 0 Å². The van der Waals surface area contributed by atoms with Crippen molar-refractivity contribution in [3.63, 3.8) is 0 Å². The molecule has 20 heavy (non-hydrogen) atoms. The van der Waals surface area contributed by atoms with Crippen molar-refractivity contribution >= 4 is 13.1 Å². The van der Waals surface area contributed by atoms with Crippen LogP contribution in [0.2, 0.25) is 5.31 Å². The molecule has 0 aromatic heterocycles. The molecule has 0 unspecified atom stereocenters. The molecule has 5 heteroatoms. The third-order valence-electron chi connectivity index (χ3n) is 5.38. The van der Waals surface area contributed by atoms with Crippen LogP contribution in [0.25, 0.3) is 0 Å². The minimum Gasteiger partial charge on any atom is -0.481 e. The Balaban J connectivity index is 2.12. The summed E-state index contributed by atoms with van der Waals surface area (Å²) in [6, 6.07) is 0. The van der Waals surface area contributed by atoms with Crippen LogP contribution in [0.5, 0.6) is 0 Å². The van der Waals surface area contributed by atoms with Gasteiger partial charge in [-0.1, -0.05) is 26.2 Å². The number of unbranched alkanes of at least 4 members (excludes halogenated alkanes) is 2. The summed E-state index contributed by atoms with van der Waals surface area (Å²) in [6.07, 6.45) is 4.88. The lowest BCUT2D eigenvalue weighted by atomic mass is 9.63. The van der Waals surface area contributed by atoms with E-state index in [1.807, 2.05) is 27.7 Å². The van der Waals surface area contributed by atoms with Crippen molar-refractivity contribution in [2.75, 3.05) is 0 Å². The van der Waals surface area contributed by atoms with Gasteiger partial charge < -0.3 is 14.4 Å². The van der Waals surface area contributed by atoms with Gasteiger partial charge in [0.25, 0.3) is 0 Å². The summed E-state index contributed by atoms with van der Waals surface area (Å²) < 4.78 is 12.2. The van der Waals surface area contributed by atoms with Gasteiger partial charge in [-0.05, 0) is 40.5 Å². The SMILES string of the molecule is CCCCC[C@]1(B2OC(C)(C)C(C)(C)O2)C[C@H]1C(=O)O. The van der Waals surface area contributed by atoms with Crippen molar-refractivity contribution in [2.24, 2.45) is 5.92 Å². The van der Waals surface area contributed by atoms with E-state index in [2.05, 4.69) is 6.92 Å². The number of carbonyl (C=O) groups is 1. The molecule has 1 saturated heterocycles. The van der Waals surface area contributed by atoms with Gasteiger partial charge in [0.1, 0.15) is 0 Å². The van der Waals surface area contributed by atoms with Crippen molar-refractivity contribution in [3.8, 4) is 0 Å². The summed E-state index contributed by atoms with van der Waals surface area (Å²) >= 11 is 0. The van der Waals surface area contributed by atoms with Gasteiger partial charge in [0.05, 0.1) is 17.1 Å². The Hall–Kier alpha value is -0.545. The second-order valence-corrected chi connectivity index (χ2v) is 7.37. The van der Waals surface area contributed by atoms with Crippen LogP contribution in [0.1, 0.15) is 66.7 Å². The first-order valence-corrected chi connectivity index (χ1v) is 7.75. The first-order valence-electron chi connectivity index (χ1n) is 7.75. The highest BCUT2D eigenvalue weighted by Crippen LogP contribution is 2.67. The van der Waals surface area contributed by atoms with Gasteiger partial charge in [0, 0.05) is 5.31 Å².